The number of benzene rings is 1. The average Bonchev–Trinajstić information content (AvgIpc) is 2.63. The van der Waals surface area contributed by atoms with E-state index in [0.717, 1.165) is 51.4 Å². The van der Waals surface area contributed by atoms with Gasteiger partial charge in [0.1, 0.15) is 12.2 Å². The summed E-state index contributed by atoms with van der Waals surface area (Å²) in [6.07, 6.45) is 10.9. The first-order valence-electron chi connectivity index (χ1n) is 9.24. The molecule has 5 heteroatoms. The van der Waals surface area contributed by atoms with Gasteiger partial charge in [0.2, 0.25) is 0 Å². The van der Waals surface area contributed by atoms with Gasteiger partial charge in [0, 0.05) is 0 Å². The van der Waals surface area contributed by atoms with E-state index < -0.39 is 0 Å². The van der Waals surface area contributed by atoms with Gasteiger partial charge >= 0.3 is 30.8 Å². The molecular formula is C20H27LiO4. The Hall–Kier alpha value is -1.24. The molecule has 0 N–H and O–H groups in total. The Kier molecular flexibility index (Phi) is 8.06. The number of carbonyl (C=O) groups is 2. The van der Waals surface area contributed by atoms with Crippen LogP contribution in [0.1, 0.15) is 86.4 Å². The van der Waals surface area contributed by atoms with Crippen molar-refractivity contribution in [1.82, 2.24) is 0 Å². The topological polar surface area (TPSA) is 52.6 Å². The number of rotatable bonds is 4. The van der Waals surface area contributed by atoms with E-state index in [4.69, 9.17) is 9.47 Å². The second-order valence-electron chi connectivity index (χ2n) is 6.91. The molecule has 1 aromatic carbocycles. The van der Waals surface area contributed by atoms with E-state index in [9.17, 15) is 9.59 Å². The van der Waals surface area contributed by atoms with Crippen LogP contribution in [0.2, 0.25) is 0 Å². The van der Waals surface area contributed by atoms with E-state index in [0.29, 0.717) is 11.1 Å². The van der Waals surface area contributed by atoms with E-state index >= 15 is 0 Å². The molecular weight excluding hydrogens is 311 g/mol. The van der Waals surface area contributed by atoms with Crippen LogP contribution in [-0.4, -0.2) is 24.1 Å². The minimum atomic E-state index is -0.297. The molecule has 0 radical (unpaired) electrons. The molecule has 4 nitrogen and oxygen atoms in total. The van der Waals surface area contributed by atoms with Crippen LogP contribution in [0.4, 0.5) is 0 Å². The van der Waals surface area contributed by atoms with E-state index in [1.54, 1.807) is 24.3 Å². The molecule has 1 aromatic rings. The van der Waals surface area contributed by atoms with E-state index in [2.05, 4.69) is 0 Å². The number of ether oxygens (including phenoxy) is 2. The van der Waals surface area contributed by atoms with Gasteiger partial charge in [-0.3, -0.25) is 0 Å². The SMILES string of the molecule is O=C(OC1CCCCC1)c1ccc(C(=O)OC2CCCCC2)cc1.[H-].[Li+]. The molecule has 25 heavy (non-hydrogen) atoms. The molecule has 0 aromatic heterocycles. The molecule has 2 fully saturated rings. The van der Waals surface area contributed by atoms with Gasteiger partial charge < -0.3 is 10.9 Å². The molecule has 2 aliphatic carbocycles. The summed E-state index contributed by atoms with van der Waals surface area (Å²) in [5.41, 5.74) is 0.990. The zero-order chi connectivity index (χ0) is 16.8. The quantitative estimate of drug-likeness (QED) is 0.620. The van der Waals surface area contributed by atoms with Gasteiger partial charge in [-0.15, -0.1) is 0 Å². The molecule has 0 spiro atoms. The Labute approximate surface area is 163 Å². The number of hydrogen-bond acceptors (Lipinski definition) is 4. The molecule has 0 saturated heterocycles. The number of hydrogen-bond donors (Lipinski definition) is 0. The minimum absolute atomic E-state index is 0. The molecule has 2 aliphatic rings. The van der Waals surface area contributed by atoms with Gasteiger partial charge in [0.15, 0.2) is 0 Å². The van der Waals surface area contributed by atoms with Gasteiger partial charge in [-0.05, 0) is 75.6 Å². The summed E-state index contributed by atoms with van der Waals surface area (Å²) in [6.45, 7) is 0. The Morgan fingerprint density at radius 3 is 1.32 bits per heavy atom. The summed E-state index contributed by atoms with van der Waals surface area (Å²) < 4.78 is 11.1. The van der Waals surface area contributed by atoms with E-state index in [1.165, 1.54) is 12.8 Å². The molecule has 0 aliphatic heterocycles. The minimum Gasteiger partial charge on any atom is -1.00 e. The Morgan fingerprint density at radius 1 is 0.680 bits per heavy atom. The van der Waals surface area contributed by atoms with Gasteiger partial charge in [-0.1, -0.05) is 12.8 Å². The summed E-state index contributed by atoms with van der Waals surface area (Å²) in [7, 11) is 0. The Morgan fingerprint density at radius 2 is 1.00 bits per heavy atom. The fourth-order valence-electron chi connectivity index (χ4n) is 3.55. The van der Waals surface area contributed by atoms with Crippen molar-refractivity contribution in [1.29, 1.82) is 0 Å². The van der Waals surface area contributed by atoms with Crippen molar-refractivity contribution in [2.45, 2.75) is 76.4 Å². The predicted octanol–water partition coefficient (Wildman–Crippen LogP) is 1.78. The van der Waals surface area contributed by atoms with E-state index in [1.807, 2.05) is 0 Å². The van der Waals surface area contributed by atoms with Crippen LogP contribution in [0.15, 0.2) is 24.3 Å². The van der Waals surface area contributed by atoms with Crippen LogP contribution in [0.5, 0.6) is 0 Å². The van der Waals surface area contributed by atoms with Crippen LogP contribution in [-0.2, 0) is 9.47 Å². The summed E-state index contributed by atoms with van der Waals surface area (Å²) in [4.78, 5) is 24.3. The van der Waals surface area contributed by atoms with Crippen LogP contribution in [0, 0.1) is 0 Å². The zero-order valence-electron chi connectivity index (χ0n) is 16.2. The van der Waals surface area contributed by atoms with Crippen molar-refractivity contribution in [2.24, 2.45) is 0 Å². The smallest absolute Gasteiger partial charge is 1.00 e. The Bertz CT molecular complexity index is 513. The van der Waals surface area contributed by atoms with Crippen molar-refractivity contribution >= 4 is 11.9 Å². The molecule has 0 heterocycles. The maximum atomic E-state index is 12.2. The first-order chi connectivity index (χ1) is 11.7. The average molecular weight is 338 g/mol. The van der Waals surface area contributed by atoms with E-state index in [-0.39, 0.29) is 44.4 Å². The van der Waals surface area contributed by atoms with Crippen molar-refractivity contribution in [3.63, 3.8) is 0 Å². The molecule has 0 unspecified atom stereocenters. The maximum Gasteiger partial charge on any atom is 1.00 e. The second-order valence-corrected chi connectivity index (χ2v) is 6.91. The largest absolute Gasteiger partial charge is 1.00 e. The van der Waals surface area contributed by atoms with Crippen LogP contribution < -0.4 is 18.9 Å². The summed E-state index contributed by atoms with van der Waals surface area (Å²) in [5, 5.41) is 0. The third-order valence-corrected chi connectivity index (χ3v) is 5.01. The van der Waals surface area contributed by atoms with Crippen molar-refractivity contribution in [3.8, 4) is 0 Å². The van der Waals surface area contributed by atoms with Crippen molar-refractivity contribution in [3.05, 3.63) is 35.4 Å². The molecule has 3 rings (SSSR count). The molecule has 2 saturated carbocycles. The van der Waals surface area contributed by atoms with Gasteiger partial charge in [-0.2, -0.15) is 0 Å². The number of carbonyl (C=O) groups excluding carboxylic acids is 2. The van der Waals surface area contributed by atoms with Gasteiger partial charge in [0.05, 0.1) is 11.1 Å². The van der Waals surface area contributed by atoms with Crippen molar-refractivity contribution in [2.75, 3.05) is 0 Å². The van der Waals surface area contributed by atoms with Gasteiger partial charge in [-0.25, -0.2) is 9.59 Å². The third-order valence-electron chi connectivity index (χ3n) is 5.01. The predicted molar refractivity (Wildman–Crippen MR) is 92.1 cm³/mol. The zero-order valence-corrected chi connectivity index (χ0v) is 15.2. The standard InChI is InChI=1S/C20H26O4.Li.H/c21-19(23-17-7-3-1-4-8-17)15-11-13-16(14-12-15)20(22)24-18-9-5-2-6-10-18;;/h11-14,17-18H,1-10H2;;/q;+1;-1. The Balaban J connectivity index is 0.00000169. The molecule has 132 valence electrons. The fraction of sp³-hybridized carbons (Fsp3) is 0.600. The normalized spacial score (nSPS) is 18.9. The maximum absolute atomic E-state index is 12.2. The van der Waals surface area contributed by atoms with Crippen LogP contribution in [0.3, 0.4) is 0 Å². The second kappa shape index (κ2) is 10.0. The first-order valence-corrected chi connectivity index (χ1v) is 9.24. The molecule has 0 atom stereocenters. The molecule has 0 bridgehead atoms. The van der Waals surface area contributed by atoms with Crippen LogP contribution >= 0.6 is 0 Å². The molecule has 0 amide bonds. The number of esters is 2. The fourth-order valence-corrected chi connectivity index (χ4v) is 3.55. The summed E-state index contributed by atoms with van der Waals surface area (Å²) >= 11 is 0. The first kappa shape index (κ1) is 20.1. The van der Waals surface area contributed by atoms with Crippen molar-refractivity contribution < 1.29 is 39.4 Å². The monoisotopic (exact) mass is 338 g/mol. The van der Waals surface area contributed by atoms with Gasteiger partial charge in [0.25, 0.3) is 0 Å². The summed E-state index contributed by atoms with van der Waals surface area (Å²) in [5.74, 6) is -0.594. The summed E-state index contributed by atoms with van der Waals surface area (Å²) in [6, 6.07) is 6.62. The third kappa shape index (κ3) is 5.90. The van der Waals surface area contributed by atoms with Crippen LogP contribution in [0.25, 0.3) is 0 Å².